The van der Waals surface area contributed by atoms with E-state index in [9.17, 15) is 8.42 Å². The van der Waals surface area contributed by atoms with E-state index in [1.807, 2.05) is 6.92 Å². The number of hydrogen-bond acceptors (Lipinski definition) is 4. The minimum Gasteiger partial charge on any atom is -0.492 e. The topological polar surface area (TPSA) is 75.1 Å². The van der Waals surface area contributed by atoms with E-state index in [1.165, 1.54) is 9.21 Å². The van der Waals surface area contributed by atoms with Crippen LogP contribution < -0.4 is 20.3 Å². The van der Waals surface area contributed by atoms with Gasteiger partial charge in [0.15, 0.2) is 5.11 Å². The molecule has 0 spiro atoms. The van der Waals surface area contributed by atoms with Crippen molar-refractivity contribution in [3.8, 4) is 5.75 Å². The summed E-state index contributed by atoms with van der Waals surface area (Å²) in [4.78, 5) is 1.51. The minimum absolute atomic E-state index is 0.187. The average molecular weight is 402 g/mol. The van der Waals surface area contributed by atoms with Crippen LogP contribution in [0.5, 0.6) is 5.75 Å². The maximum atomic E-state index is 13.0. The van der Waals surface area contributed by atoms with Gasteiger partial charge in [0.1, 0.15) is 10.6 Å². The number of nitrogens with zero attached hydrogens (tertiary/aromatic N) is 1. The van der Waals surface area contributed by atoms with Gasteiger partial charge in [-0.3, -0.25) is 0 Å². The van der Waals surface area contributed by atoms with Gasteiger partial charge in [-0.15, -0.1) is 0 Å². The largest absolute Gasteiger partial charge is 0.492 e. The second-order valence-electron chi connectivity index (χ2n) is 6.54. The van der Waals surface area contributed by atoms with E-state index >= 15 is 0 Å². The Morgan fingerprint density at radius 1 is 1.31 bits per heavy atom. The molecule has 3 N–H and O–H groups in total. The second-order valence-corrected chi connectivity index (χ2v) is 8.86. The normalized spacial score (nSPS) is 15.2. The summed E-state index contributed by atoms with van der Waals surface area (Å²) in [6, 6.07) is 5.06. The van der Waals surface area contributed by atoms with E-state index in [0.717, 1.165) is 25.9 Å². The standard InChI is InChI=1S/C17H28N4O3S2/c1-4-24-15-8-7-14(19-17(25)18-9-12-20(2)3)13-16(15)26(22,23)21-10-5-6-11-21/h7-8,13H,4-6,9-12H2,1-3H3,(H2,18,19,25)/p+1. The lowest BCUT2D eigenvalue weighted by Crippen LogP contribution is -3.06. The van der Waals surface area contributed by atoms with Crippen molar-refractivity contribution < 1.29 is 18.1 Å². The molecule has 26 heavy (non-hydrogen) atoms. The highest BCUT2D eigenvalue weighted by Crippen LogP contribution is 2.31. The van der Waals surface area contributed by atoms with Gasteiger partial charge < -0.3 is 20.3 Å². The molecule has 146 valence electrons. The Balaban J connectivity index is 2.18. The lowest BCUT2D eigenvalue weighted by molar-refractivity contribution is -0.856. The lowest BCUT2D eigenvalue weighted by Gasteiger charge is -2.19. The Labute approximate surface area is 161 Å². The van der Waals surface area contributed by atoms with E-state index in [-0.39, 0.29) is 4.90 Å². The summed E-state index contributed by atoms with van der Waals surface area (Å²) in [6.45, 7) is 5.02. The first-order valence-electron chi connectivity index (χ1n) is 8.95. The molecule has 9 heteroatoms. The van der Waals surface area contributed by atoms with Crippen LogP contribution in [0.2, 0.25) is 0 Å². The van der Waals surface area contributed by atoms with E-state index in [4.69, 9.17) is 17.0 Å². The van der Waals surface area contributed by atoms with Gasteiger partial charge in [-0.05, 0) is 50.2 Å². The number of benzene rings is 1. The van der Waals surface area contributed by atoms with Crippen LogP contribution in [0.15, 0.2) is 23.1 Å². The Morgan fingerprint density at radius 3 is 2.62 bits per heavy atom. The number of anilines is 1. The zero-order valence-electron chi connectivity index (χ0n) is 15.7. The highest BCUT2D eigenvalue weighted by atomic mass is 32.2. The van der Waals surface area contributed by atoms with E-state index in [2.05, 4.69) is 24.7 Å². The summed E-state index contributed by atoms with van der Waals surface area (Å²) < 4.78 is 33.0. The molecule has 0 aliphatic carbocycles. The predicted octanol–water partition coefficient (Wildman–Crippen LogP) is 0.301. The summed E-state index contributed by atoms with van der Waals surface area (Å²) in [5.41, 5.74) is 0.626. The fraction of sp³-hybridized carbons (Fsp3) is 0.588. The molecule has 1 aromatic carbocycles. The first kappa shape index (κ1) is 20.9. The molecule has 0 radical (unpaired) electrons. The van der Waals surface area contributed by atoms with Crippen molar-refractivity contribution in [3.05, 3.63) is 18.2 Å². The van der Waals surface area contributed by atoms with E-state index in [0.29, 0.717) is 36.2 Å². The van der Waals surface area contributed by atoms with Crippen LogP contribution in [0.1, 0.15) is 19.8 Å². The Morgan fingerprint density at radius 2 is 2.00 bits per heavy atom. The molecule has 2 rings (SSSR count). The molecule has 1 aromatic rings. The molecule has 1 fully saturated rings. The predicted molar refractivity (Wildman–Crippen MR) is 108 cm³/mol. The first-order valence-corrected chi connectivity index (χ1v) is 10.8. The molecular weight excluding hydrogens is 372 g/mol. The van der Waals surface area contributed by atoms with Gasteiger partial charge in [-0.2, -0.15) is 4.31 Å². The van der Waals surface area contributed by atoms with Crippen LogP contribution in [-0.2, 0) is 10.0 Å². The molecule has 1 aliphatic heterocycles. The fourth-order valence-corrected chi connectivity index (χ4v) is 4.63. The van der Waals surface area contributed by atoms with Crippen molar-refractivity contribution in [3.63, 3.8) is 0 Å². The van der Waals surface area contributed by atoms with Crippen molar-refractivity contribution in [1.29, 1.82) is 0 Å². The third-order valence-corrected chi connectivity index (χ3v) is 6.26. The molecule has 1 heterocycles. The van der Waals surface area contributed by atoms with Gasteiger partial charge in [0.25, 0.3) is 0 Å². The molecule has 0 unspecified atom stereocenters. The van der Waals surface area contributed by atoms with Crippen LogP contribution in [-0.4, -0.2) is 64.7 Å². The summed E-state index contributed by atoms with van der Waals surface area (Å²) >= 11 is 5.29. The van der Waals surface area contributed by atoms with Gasteiger partial charge in [0.2, 0.25) is 10.0 Å². The van der Waals surface area contributed by atoms with Crippen LogP contribution in [0.4, 0.5) is 5.69 Å². The van der Waals surface area contributed by atoms with Gasteiger partial charge in [-0.1, -0.05) is 0 Å². The van der Waals surface area contributed by atoms with Crippen molar-refractivity contribution in [2.45, 2.75) is 24.7 Å². The number of sulfonamides is 1. The third-order valence-electron chi connectivity index (χ3n) is 4.09. The molecule has 1 aliphatic rings. The third kappa shape index (κ3) is 5.54. The second kappa shape index (κ2) is 9.50. The quantitative estimate of drug-likeness (QED) is 0.544. The molecular formula is C17H29N4O3S2+. The zero-order chi connectivity index (χ0) is 19.2. The van der Waals surface area contributed by atoms with Gasteiger partial charge >= 0.3 is 0 Å². The zero-order valence-corrected chi connectivity index (χ0v) is 17.3. The van der Waals surface area contributed by atoms with Crippen LogP contribution in [0.25, 0.3) is 0 Å². The molecule has 0 aromatic heterocycles. The monoisotopic (exact) mass is 401 g/mol. The molecule has 0 bridgehead atoms. The maximum Gasteiger partial charge on any atom is 0.246 e. The minimum atomic E-state index is -3.58. The Kier molecular flexibility index (Phi) is 7.63. The highest BCUT2D eigenvalue weighted by Gasteiger charge is 2.30. The molecule has 1 saturated heterocycles. The number of quaternary nitrogens is 1. The molecule has 0 amide bonds. The number of ether oxygens (including phenoxy) is 1. The lowest BCUT2D eigenvalue weighted by atomic mass is 10.3. The maximum absolute atomic E-state index is 13.0. The smallest absolute Gasteiger partial charge is 0.246 e. The van der Waals surface area contributed by atoms with Crippen molar-refractivity contribution >= 4 is 33.0 Å². The van der Waals surface area contributed by atoms with Crippen molar-refractivity contribution in [2.24, 2.45) is 0 Å². The number of hydrogen-bond donors (Lipinski definition) is 3. The van der Waals surface area contributed by atoms with E-state index in [1.54, 1.807) is 18.2 Å². The van der Waals surface area contributed by atoms with Crippen LogP contribution in [0.3, 0.4) is 0 Å². The summed E-state index contributed by atoms with van der Waals surface area (Å²) in [6.07, 6.45) is 1.78. The summed E-state index contributed by atoms with van der Waals surface area (Å²) in [5, 5.41) is 6.66. The van der Waals surface area contributed by atoms with Crippen LogP contribution in [0, 0.1) is 0 Å². The molecule has 7 nitrogen and oxygen atoms in total. The molecule has 0 atom stereocenters. The van der Waals surface area contributed by atoms with Crippen molar-refractivity contribution in [2.75, 3.05) is 52.2 Å². The fourth-order valence-electron chi connectivity index (χ4n) is 2.73. The van der Waals surface area contributed by atoms with Crippen molar-refractivity contribution in [1.82, 2.24) is 9.62 Å². The highest BCUT2D eigenvalue weighted by molar-refractivity contribution is 7.89. The van der Waals surface area contributed by atoms with Gasteiger partial charge in [-0.25, -0.2) is 8.42 Å². The average Bonchev–Trinajstić information content (AvgIpc) is 3.11. The summed E-state index contributed by atoms with van der Waals surface area (Å²) in [7, 11) is 0.562. The Bertz CT molecular complexity index is 717. The Hall–Kier alpha value is -1.42. The van der Waals surface area contributed by atoms with E-state index < -0.39 is 10.0 Å². The number of thiocarbonyl (C=S) groups is 1. The summed E-state index contributed by atoms with van der Waals surface area (Å²) in [5.74, 6) is 0.375. The number of nitrogens with one attached hydrogen (secondary N) is 3. The number of rotatable bonds is 8. The first-order chi connectivity index (χ1) is 12.3. The van der Waals surface area contributed by atoms with Crippen LogP contribution >= 0.6 is 12.2 Å². The molecule has 0 saturated carbocycles. The number of likely N-dealkylation sites (N-methyl/N-ethyl adjacent to an activating group) is 1. The SMILES string of the molecule is CCOc1ccc(NC(=S)NCC[NH+](C)C)cc1S(=O)(=O)N1CCCC1. The van der Waals surface area contributed by atoms with Gasteiger partial charge in [0.05, 0.1) is 33.8 Å². The van der Waals surface area contributed by atoms with Gasteiger partial charge in [0, 0.05) is 18.8 Å².